The molecule has 0 fully saturated rings. The second-order valence-electron chi connectivity index (χ2n) is 5.91. The van der Waals surface area contributed by atoms with Gasteiger partial charge in [-0.05, 0) is 30.5 Å². The number of carbonyl (C=O) groups excluding carboxylic acids is 1. The molecule has 7 heteroatoms. The van der Waals surface area contributed by atoms with Crippen LogP contribution in [0.25, 0.3) is 0 Å². The first-order chi connectivity index (χ1) is 12.0. The zero-order valence-corrected chi connectivity index (χ0v) is 14.4. The van der Waals surface area contributed by atoms with Gasteiger partial charge in [-0.3, -0.25) is 9.78 Å². The summed E-state index contributed by atoms with van der Waals surface area (Å²) in [7, 11) is 1.50. The van der Waals surface area contributed by atoms with Crippen LogP contribution < -0.4 is 10.1 Å². The Morgan fingerprint density at radius 2 is 2.28 bits per heavy atom. The second-order valence-corrected chi connectivity index (χ2v) is 6.29. The number of aliphatic hydroxyl groups is 1. The van der Waals surface area contributed by atoms with Crippen molar-refractivity contribution in [1.82, 2.24) is 10.3 Å². The van der Waals surface area contributed by atoms with Crippen molar-refractivity contribution in [2.24, 2.45) is 0 Å². The van der Waals surface area contributed by atoms with Crippen molar-refractivity contribution in [3.63, 3.8) is 0 Å². The van der Waals surface area contributed by atoms with Crippen molar-refractivity contribution in [2.45, 2.75) is 31.2 Å². The summed E-state index contributed by atoms with van der Waals surface area (Å²) in [6, 6.07) is 8.22. The van der Waals surface area contributed by atoms with E-state index < -0.39 is 17.7 Å². The number of nitrogens with one attached hydrogen (secondary N) is 1. The Labute approximate surface area is 149 Å². The highest BCUT2D eigenvalue weighted by atomic mass is 35.5. The number of hydrogen-bond donors (Lipinski definition) is 2. The van der Waals surface area contributed by atoms with Crippen LogP contribution >= 0.6 is 11.6 Å². The quantitative estimate of drug-likeness (QED) is 0.874. The number of rotatable bonds is 4. The van der Waals surface area contributed by atoms with Crippen LogP contribution in [0.3, 0.4) is 0 Å². The predicted octanol–water partition coefficient (Wildman–Crippen LogP) is 3.05. The number of fused-ring (bicyclic) bond motifs is 1. The number of carbonyl (C=O) groups is 1. The monoisotopic (exact) mass is 364 g/mol. The molecule has 0 radical (unpaired) electrons. The highest BCUT2D eigenvalue weighted by Crippen LogP contribution is 2.42. The van der Waals surface area contributed by atoms with Crippen molar-refractivity contribution in [3.05, 3.63) is 58.4 Å². The van der Waals surface area contributed by atoms with Crippen LogP contribution in [0.1, 0.15) is 35.8 Å². The summed E-state index contributed by atoms with van der Waals surface area (Å²) >= 11 is 6.20. The third-order valence-corrected chi connectivity index (χ3v) is 4.83. The summed E-state index contributed by atoms with van der Waals surface area (Å²) in [6.07, 6.45) is 0.640. The fourth-order valence-corrected chi connectivity index (χ4v) is 3.30. The van der Waals surface area contributed by atoms with Crippen molar-refractivity contribution >= 4 is 17.5 Å². The van der Waals surface area contributed by atoms with Gasteiger partial charge < -0.3 is 15.2 Å². The third-order valence-electron chi connectivity index (χ3n) is 4.41. The minimum Gasteiger partial charge on any atom is -0.495 e. The summed E-state index contributed by atoms with van der Waals surface area (Å²) in [5.74, 6) is -0.286. The molecule has 1 amide bonds. The first-order valence-corrected chi connectivity index (χ1v) is 8.27. The lowest BCUT2D eigenvalue weighted by Gasteiger charge is -2.32. The van der Waals surface area contributed by atoms with Crippen LogP contribution in [0, 0.1) is 0 Å². The van der Waals surface area contributed by atoms with Gasteiger partial charge in [-0.15, -0.1) is 0 Å². The number of pyridine rings is 1. The first-order valence-electron chi connectivity index (χ1n) is 7.89. The number of amides is 1. The molecule has 132 valence electrons. The number of hydrogen-bond acceptors (Lipinski definition) is 4. The van der Waals surface area contributed by atoms with Crippen LogP contribution in [0.2, 0.25) is 5.02 Å². The summed E-state index contributed by atoms with van der Waals surface area (Å²) in [5.41, 5.74) is -1.28. The lowest BCUT2D eigenvalue weighted by Crippen LogP contribution is -2.44. The summed E-state index contributed by atoms with van der Waals surface area (Å²) in [5, 5.41) is 13.0. The topological polar surface area (TPSA) is 71.5 Å². The molecule has 0 unspecified atom stereocenters. The van der Waals surface area contributed by atoms with Crippen molar-refractivity contribution in [3.8, 4) is 5.75 Å². The van der Waals surface area contributed by atoms with Gasteiger partial charge in [0, 0.05) is 18.3 Å². The SMILES string of the molecule is COc1cccc(CNC(=O)[C@]2(F)CC[C@H](O)c3ncccc32)c1Cl. The van der Waals surface area contributed by atoms with E-state index in [1.54, 1.807) is 24.3 Å². The largest absolute Gasteiger partial charge is 0.495 e. The maximum atomic E-state index is 15.5. The van der Waals surface area contributed by atoms with E-state index in [4.69, 9.17) is 16.3 Å². The van der Waals surface area contributed by atoms with Crippen molar-refractivity contribution in [2.75, 3.05) is 7.11 Å². The lowest BCUT2D eigenvalue weighted by molar-refractivity contribution is -0.135. The predicted molar refractivity (Wildman–Crippen MR) is 91.1 cm³/mol. The molecule has 2 N–H and O–H groups in total. The molecular formula is C18H18ClFN2O3. The van der Waals surface area contributed by atoms with E-state index in [-0.39, 0.29) is 30.6 Å². The van der Waals surface area contributed by atoms with Crippen LogP contribution in [-0.2, 0) is 17.0 Å². The van der Waals surface area contributed by atoms with Gasteiger partial charge in [-0.2, -0.15) is 0 Å². The van der Waals surface area contributed by atoms with E-state index >= 15 is 4.39 Å². The van der Waals surface area contributed by atoms with E-state index in [0.29, 0.717) is 16.3 Å². The molecule has 0 aliphatic heterocycles. The maximum absolute atomic E-state index is 15.5. The number of aromatic nitrogens is 1. The molecule has 0 saturated heterocycles. The van der Waals surface area contributed by atoms with Gasteiger partial charge in [0.05, 0.1) is 23.9 Å². The normalized spacial score (nSPS) is 22.2. The van der Waals surface area contributed by atoms with E-state index in [1.165, 1.54) is 19.4 Å². The molecule has 1 aromatic carbocycles. The minimum absolute atomic E-state index is 0.0681. The van der Waals surface area contributed by atoms with Gasteiger partial charge >= 0.3 is 0 Å². The lowest BCUT2D eigenvalue weighted by atomic mass is 9.81. The molecule has 1 heterocycles. The van der Waals surface area contributed by atoms with Gasteiger partial charge in [0.25, 0.3) is 5.91 Å². The van der Waals surface area contributed by atoms with Crippen LogP contribution in [0.4, 0.5) is 4.39 Å². The average molecular weight is 365 g/mol. The second kappa shape index (κ2) is 6.98. The molecule has 2 atom stereocenters. The molecule has 0 spiro atoms. The Kier molecular flexibility index (Phi) is 4.92. The van der Waals surface area contributed by atoms with Crippen molar-refractivity contribution in [1.29, 1.82) is 0 Å². The summed E-state index contributed by atoms with van der Waals surface area (Å²) < 4.78 is 20.6. The highest BCUT2D eigenvalue weighted by molar-refractivity contribution is 6.32. The molecule has 1 aliphatic carbocycles. The molecule has 25 heavy (non-hydrogen) atoms. The van der Waals surface area contributed by atoms with E-state index in [2.05, 4.69) is 10.3 Å². The highest BCUT2D eigenvalue weighted by Gasteiger charge is 2.46. The van der Waals surface area contributed by atoms with Crippen molar-refractivity contribution < 1.29 is 19.0 Å². The Balaban J connectivity index is 1.81. The summed E-state index contributed by atoms with van der Waals surface area (Å²) in [4.78, 5) is 16.6. The molecule has 1 aliphatic rings. The zero-order valence-electron chi connectivity index (χ0n) is 13.6. The molecular weight excluding hydrogens is 347 g/mol. The van der Waals surface area contributed by atoms with Gasteiger partial charge in [-0.25, -0.2) is 4.39 Å². The number of benzene rings is 1. The molecule has 3 rings (SSSR count). The van der Waals surface area contributed by atoms with Gasteiger partial charge in [0.1, 0.15) is 5.75 Å². The molecule has 0 saturated carbocycles. The van der Waals surface area contributed by atoms with Crippen LogP contribution in [-0.4, -0.2) is 23.1 Å². The van der Waals surface area contributed by atoms with Gasteiger partial charge in [-0.1, -0.05) is 29.8 Å². The number of alkyl halides is 1. The van der Waals surface area contributed by atoms with Crippen LogP contribution in [0.15, 0.2) is 36.5 Å². The third kappa shape index (κ3) is 3.19. The molecule has 0 bridgehead atoms. The Morgan fingerprint density at radius 1 is 1.48 bits per heavy atom. The fourth-order valence-electron chi connectivity index (χ4n) is 3.03. The van der Waals surface area contributed by atoms with Crippen LogP contribution in [0.5, 0.6) is 5.75 Å². The number of aliphatic hydroxyl groups excluding tert-OH is 1. The zero-order chi connectivity index (χ0) is 18.0. The van der Waals surface area contributed by atoms with E-state index in [9.17, 15) is 9.90 Å². The van der Waals surface area contributed by atoms with Gasteiger partial charge in [0.2, 0.25) is 5.67 Å². The maximum Gasteiger partial charge on any atom is 0.262 e. The number of halogens is 2. The summed E-state index contributed by atoms with van der Waals surface area (Å²) in [6.45, 7) is 0.0681. The standard InChI is InChI=1S/C18H18ClFN2O3/c1-25-14-6-2-4-11(15(14)19)10-22-17(24)18(20)8-7-13(23)16-12(18)5-3-9-21-16/h2-6,9,13,23H,7-8,10H2,1H3,(H,22,24)/t13-,18-/m0/s1. The number of methoxy groups -OCH3 is 1. The fraction of sp³-hybridized carbons (Fsp3) is 0.333. The number of ether oxygens (including phenoxy) is 1. The molecule has 5 nitrogen and oxygen atoms in total. The Morgan fingerprint density at radius 3 is 3.04 bits per heavy atom. The Bertz CT molecular complexity index is 802. The number of nitrogens with zero attached hydrogens (tertiary/aromatic N) is 1. The smallest absolute Gasteiger partial charge is 0.262 e. The Hall–Kier alpha value is -2.18. The van der Waals surface area contributed by atoms with Gasteiger partial charge in [0.15, 0.2) is 0 Å². The average Bonchev–Trinajstić information content (AvgIpc) is 2.64. The van der Waals surface area contributed by atoms with E-state index in [0.717, 1.165) is 0 Å². The van der Waals surface area contributed by atoms with E-state index in [1.807, 2.05) is 0 Å². The minimum atomic E-state index is -2.23. The molecule has 1 aromatic heterocycles. The first kappa shape index (κ1) is 17.6. The molecule has 2 aromatic rings.